The Morgan fingerprint density at radius 1 is 0.950 bits per heavy atom. The summed E-state index contributed by atoms with van der Waals surface area (Å²) in [7, 11) is 0. The van der Waals surface area contributed by atoms with Crippen LogP contribution in [-0.2, 0) is 0 Å². The molecule has 0 fully saturated rings. The highest BCUT2D eigenvalue weighted by Gasteiger charge is 2.05. The van der Waals surface area contributed by atoms with Crippen molar-refractivity contribution in [3.05, 3.63) is 65.0 Å². The van der Waals surface area contributed by atoms with Gasteiger partial charge in [0, 0.05) is 17.5 Å². The third kappa shape index (κ3) is 2.42. The Morgan fingerprint density at radius 2 is 1.75 bits per heavy atom. The van der Waals surface area contributed by atoms with Crippen molar-refractivity contribution in [1.29, 1.82) is 0 Å². The fourth-order valence-electron chi connectivity index (χ4n) is 1.78. The van der Waals surface area contributed by atoms with Crippen LogP contribution in [0.3, 0.4) is 0 Å². The summed E-state index contributed by atoms with van der Waals surface area (Å²) >= 11 is 0. The lowest BCUT2D eigenvalue weighted by Crippen LogP contribution is -1.93. The Morgan fingerprint density at radius 3 is 2.55 bits per heavy atom. The molecule has 0 aliphatic heterocycles. The van der Waals surface area contributed by atoms with E-state index in [4.69, 9.17) is 4.42 Å². The zero-order chi connectivity index (χ0) is 13.9. The summed E-state index contributed by atoms with van der Waals surface area (Å²) in [5.41, 5.74) is 0.853. The maximum absolute atomic E-state index is 11.1. The summed E-state index contributed by atoms with van der Waals surface area (Å²) in [6.45, 7) is 0. The van der Waals surface area contributed by atoms with Crippen molar-refractivity contribution in [3.8, 4) is 5.75 Å². The highest BCUT2D eigenvalue weighted by molar-refractivity contribution is 5.82. The fourth-order valence-corrected chi connectivity index (χ4v) is 1.78. The number of nitrogens with zero attached hydrogens (tertiary/aromatic N) is 2. The van der Waals surface area contributed by atoms with Crippen molar-refractivity contribution in [1.82, 2.24) is 0 Å². The Labute approximate surface area is 113 Å². The minimum absolute atomic E-state index is 0.0912. The lowest BCUT2D eigenvalue weighted by Gasteiger charge is -2.00. The molecule has 0 saturated heterocycles. The van der Waals surface area contributed by atoms with Gasteiger partial charge in [-0.1, -0.05) is 18.2 Å². The second kappa shape index (κ2) is 4.97. The van der Waals surface area contributed by atoms with Gasteiger partial charge in [-0.05, 0) is 24.3 Å². The minimum Gasteiger partial charge on any atom is -0.505 e. The molecular formula is C15H10N2O3. The molecule has 20 heavy (non-hydrogen) atoms. The van der Waals surface area contributed by atoms with Gasteiger partial charge in [-0.25, -0.2) is 4.79 Å². The summed E-state index contributed by atoms with van der Waals surface area (Å²) in [6, 6.07) is 15.1. The van der Waals surface area contributed by atoms with Gasteiger partial charge >= 0.3 is 5.63 Å². The average Bonchev–Trinajstić information content (AvgIpc) is 2.46. The number of benzene rings is 2. The van der Waals surface area contributed by atoms with Crippen molar-refractivity contribution < 1.29 is 9.52 Å². The molecule has 1 heterocycles. The van der Waals surface area contributed by atoms with Gasteiger partial charge in [0.1, 0.15) is 17.0 Å². The van der Waals surface area contributed by atoms with E-state index in [9.17, 15) is 9.90 Å². The lowest BCUT2D eigenvalue weighted by molar-refractivity contribution is 0.474. The fraction of sp³-hybridized carbons (Fsp3) is 0. The Hall–Kier alpha value is -2.95. The van der Waals surface area contributed by atoms with Crippen LogP contribution in [0.2, 0.25) is 0 Å². The summed E-state index contributed by atoms with van der Waals surface area (Å²) in [5.74, 6) is -0.0912. The number of phenolic OH excluding ortho intramolecular Hbond substituents is 1. The van der Waals surface area contributed by atoms with Crippen molar-refractivity contribution in [3.63, 3.8) is 0 Å². The molecule has 0 atom stereocenters. The van der Waals surface area contributed by atoms with Gasteiger partial charge in [-0.2, -0.15) is 5.11 Å². The predicted octanol–water partition coefficient (Wildman–Crippen LogP) is 3.91. The number of azo groups is 1. The number of fused-ring (bicyclic) bond motifs is 1. The smallest absolute Gasteiger partial charge is 0.336 e. The molecule has 0 unspecified atom stereocenters. The number of hydrogen-bond donors (Lipinski definition) is 1. The quantitative estimate of drug-likeness (QED) is 0.564. The number of aromatic hydroxyl groups is 1. The average molecular weight is 266 g/mol. The first-order chi connectivity index (χ1) is 9.72. The molecule has 0 aliphatic carbocycles. The normalized spacial score (nSPS) is 11.2. The molecule has 0 radical (unpaired) electrons. The lowest BCUT2D eigenvalue weighted by atomic mass is 10.2. The van der Waals surface area contributed by atoms with E-state index < -0.39 is 5.63 Å². The van der Waals surface area contributed by atoms with E-state index in [1.165, 1.54) is 12.1 Å². The maximum Gasteiger partial charge on any atom is 0.336 e. The molecule has 0 amide bonds. The van der Waals surface area contributed by atoms with E-state index in [0.717, 1.165) is 0 Å². The zero-order valence-electron chi connectivity index (χ0n) is 10.4. The van der Waals surface area contributed by atoms with E-state index >= 15 is 0 Å². The predicted molar refractivity (Wildman–Crippen MR) is 74.8 cm³/mol. The van der Waals surface area contributed by atoms with Crippen LogP contribution < -0.4 is 5.63 Å². The van der Waals surface area contributed by atoms with E-state index in [1.54, 1.807) is 24.3 Å². The van der Waals surface area contributed by atoms with Crippen LogP contribution >= 0.6 is 0 Å². The van der Waals surface area contributed by atoms with E-state index in [2.05, 4.69) is 10.2 Å². The van der Waals surface area contributed by atoms with Crippen LogP contribution in [0.1, 0.15) is 0 Å². The van der Waals surface area contributed by atoms with Crippen molar-refractivity contribution in [2.75, 3.05) is 0 Å². The number of phenols is 1. The van der Waals surface area contributed by atoms with Crippen LogP contribution in [0.15, 0.2) is 74.0 Å². The second-order valence-corrected chi connectivity index (χ2v) is 4.17. The number of hydrogen-bond acceptors (Lipinski definition) is 5. The van der Waals surface area contributed by atoms with Gasteiger partial charge in [0.05, 0.1) is 5.69 Å². The second-order valence-electron chi connectivity index (χ2n) is 4.17. The molecule has 1 aromatic heterocycles. The van der Waals surface area contributed by atoms with Crippen LogP contribution in [0.5, 0.6) is 5.75 Å². The zero-order valence-corrected chi connectivity index (χ0v) is 10.4. The van der Waals surface area contributed by atoms with Crippen LogP contribution in [-0.4, -0.2) is 5.11 Å². The van der Waals surface area contributed by atoms with Crippen LogP contribution in [0, 0.1) is 0 Å². The standard InChI is InChI=1S/C15H10N2O3/c18-13-9-14-10(6-7-15(19)20-14)8-12(13)17-16-11-4-2-1-3-5-11/h1-9,18H/b17-16+. The monoisotopic (exact) mass is 266 g/mol. The van der Waals surface area contributed by atoms with Gasteiger partial charge in [0.25, 0.3) is 0 Å². The highest BCUT2D eigenvalue weighted by Crippen LogP contribution is 2.32. The number of rotatable bonds is 2. The molecule has 3 rings (SSSR count). The Bertz CT molecular complexity index is 839. The molecular weight excluding hydrogens is 256 g/mol. The van der Waals surface area contributed by atoms with Crippen molar-refractivity contribution in [2.24, 2.45) is 10.2 Å². The molecule has 1 N–H and O–H groups in total. The highest BCUT2D eigenvalue weighted by atomic mass is 16.4. The topological polar surface area (TPSA) is 75.2 Å². The van der Waals surface area contributed by atoms with Gasteiger partial charge < -0.3 is 9.52 Å². The van der Waals surface area contributed by atoms with E-state index in [1.807, 2.05) is 18.2 Å². The molecule has 5 nitrogen and oxygen atoms in total. The van der Waals surface area contributed by atoms with Crippen LogP contribution in [0.4, 0.5) is 11.4 Å². The molecule has 3 aromatic rings. The first kappa shape index (κ1) is 12.1. The van der Waals surface area contributed by atoms with Crippen molar-refractivity contribution in [2.45, 2.75) is 0 Å². The Kier molecular flexibility index (Phi) is 3.01. The summed E-state index contributed by atoms with van der Waals surface area (Å²) in [4.78, 5) is 11.1. The summed E-state index contributed by atoms with van der Waals surface area (Å²) < 4.78 is 4.97. The summed E-state index contributed by atoms with van der Waals surface area (Å²) in [5, 5.41) is 18.6. The first-order valence-electron chi connectivity index (χ1n) is 5.96. The molecule has 0 bridgehead atoms. The van der Waals surface area contributed by atoms with Gasteiger partial charge in [-0.15, -0.1) is 5.11 Å². The Balaban J connectivity index is 2.04. The molecule has 98 valence electrons. The maximum atomic E-state index is 11.1. The van der Waals surface area contributed by atoms with E-state index in [0.29, 0.717) is 22.3 Å². The van der Waals surface area contributed by atoms with Crippen molar-refractivity contribution >= 4 is 22.3 Å². The van der Waals surface area contributed by atoms with Gasteiger partial charge in [0.15, 0.2) is 0 Å². The minimum atomic E-state index is -0.462. The molecule has 0 spiro atoms. The largest absolute Gasteiger partial charge is 0.505 e. The van der Waals surface area contributed by atoms with Gasteiger partial charge in [-0.3, -0.25) is 0 Å². The van der Waals surface area contributed by atoms with Gasteiger partial charge in [0.2, 0.25) is 0 Å². The summed E-state index contributed by atoms with van der Waals surface area (Å²) in [6.07, 6.45) is 0. The molecule has 2 aromatic carbocycles. The van der Waals surface area contributed by atoms with Crippen LogP contribution in [0.25, 0.3) is 11.0 Å². The van der Waals surface area contributed by atoms with E-state index in [-0.39, 0.29) is 5.75 Å². The third-order valence-electron chi connectivity index (χ3n) is 2.75. The molecule has 0 aliphatic rings. The molecule has 5 heteroatoms. The SMILES string of the molecule is O=c1ccc2cc(/N=N/c3ccccc3)c(O)cc2o1. The first-order valence-corrected chi connectivity index (χ1v) is 5.96. The molecule has 0 saturated carbocycles. The third-order valence-corrected chi connectivity index (χ3v) is 2.75.